The molecule has 0 aliphatic rings. The van der Waals surface area contributed by atoms with Crippen molar-refractivity contribution in [3.63, 3.8) is 0 Å². The zero-order chi connectivity index (χ0) is 15.2. The number of rotatable bonds is 6. The number of ether oxygens (including phenoxy) is 1. The molecule has 0 aromatic heterocycles. The number of hydrogen-bond donors (Lipinski definition) is 1. The Hall–Kier alpha value is -1.92. The molecule has 0 aliphatic heterocycles. The van der Waals surface area contributed by atoms with Crippen molar-refractivity contribution >= 4 is 21.6 Å². The number of hydrogen-bond acceptors (Lipinski definition) is 4. The molecule has 1 atom stereocenters. The van der Waals surface area contributed by atoms with Crippen LogP contribution in [0.25, 0.3) is 0 Å². The average Bonchev–Trinajstić information content (AvgIpc) is 2.52. The first-order valence-electron chi connectivity index (χ1n) is 6.31. The Labute approximate surface area is 130 Å². The number of nitro benzene ring substituents is 1. The SMILES string of the molecule is O=[N+]([O-])c1cccc(C(O)CBr)c1OCc1ccccc1. The Balaban J connectivity index is 2.32. The van der Waals surface area contributed by atoms with Crippen LogP contribution in [-0.2, 0) is 6.61 Å². The molecule has 5 nitrogen and oxygen atoms in total. The molecular weight excluding hydrogens is 338 g/mol. The Morgan fingerprint density at radius 2 is 1.90 bits per heavy atom. The van der Waals surface area contributed by atoms with Gasteiger partial charge >= 0.3 is 5.69 Å². The summed E-state index contributed by atoms with van der Waals surface area (Å²) in [6, 6.07) is 13.9. The van der Waals surface area contributed by atoms with Crippen molar-refractivity contribution in [3.8, 4) is 5.75 Å². The molecule has 1 unspecified atom stereocenters. The molecule has 0 heterocycles. The summed E-state index contributed by atoms with van der Waals surface area (Å²) >= 11 is 3.17. The van der Waals surface area contributed by atoms with E-state index in [4.69, 9.17) is 4.74 Å². The fourth-order valence-electron chi connectivity index (χ4n) is 1.92. The van der Waals surface area contributed by atoms with Crippen molar-refractivity contribution in [1.29, 1.82) is 0 Å². The van der Waals surface area contributed by atoms with Gasteiger partial charge in [0.25, 0.3) is 0 Å². The number of halogens is 1. The van der Waals surface area contributed by atoms with Gasteiger partial charge in [-0.2, -0.15) is 0 Å². The zero-order valence-corrected chi connectivity index (χ0v) is 12.7. The van der Waals surface area contributed by atoms with Gasteiger partial charge in [0.15, 0.2) is 0 Å². The van der Waals surface area contributed by atoms with Gasteiger partial charge in [-0.25, -0.2) is 0 Å². The summed E-state index contributed by atoms with van der Waals surface area (Å²) in [5.74, 6) is 0.110. The van der Waals surface area contributed by atoms with E-state index in [2.05, 4.69) is 15.9 Å². The third-order valence-electron chi connectivity index (χ3n) is 2.95. The van der Waals surface area contributed by atoms with Crippen molar-refractivity contribution in [1.82, 2.24) is 0 Å². The molecule has 0 radical (unpaired) electrons. The highest BCUT2D eigenvalue weighted by atomic mass is 79.9. The van der Waals surface area contributed by atoms with Crippen molar-refractivity contribution < 1.29 is 14.8 Å². The van der Waals surface area contributed by atoms with Gasteiger partial charge in [-0.3, -0.25) is 10.1 Å². The van der Waals surface area contributed by atoms with Gasteiger partial charge in [0.1, 0.15) is 6.61 Å². The van der Waals surface area contributed by atoms with Crippen molar-refractivity contribution in [3.05, 3.63) is 69.8 Å². The Kier molecular flexibility index (Phi) is 5.30. The van der Waals surface area contributed by atoms with E-state index in [0.29, 0.717) is 5.56 Å². The zero-order valence-electron chi connectivity index (χ0n) is 11.1. The van der Waals surface area contributed by atoms with Gasteiger partial charge in [0.05, 0.1) is 11.0 Å². The molecule has 110 valence electrons. The molecule has 0 bridgehead atoms. The molecule has 0 saturated heterocycles. The first-order valence-corrected chi connectivity index (χ1v) is 7.43. The summed E-state index contributed by atoms with van der Waals surface area (Å²) in [6.07, 6.45) is -0.865. The highest BCUT2D eigenvalue weighted by Crippen LogP contribution is 2.35. The first-order chi connectivity index (χ1) is 10.1. The quantitative estimate of drug-likeness (QED) is 0.490. The van der Waals surface area contributed by atoms with E-state index in [1.165, 1.54) is 12.1 Å². The maximum atomic E-state index is 11.1. The van der Waals surface area contributed by atoms with Gasteiger partial charge in [0, 0.05) is 17.0 Å². The lowest BCUT2D eigenvalue weighted by Gasteiger charge is -2.14. The Bertz CT molecular complexity index is 618. The molecule has 0 saturated carbocycles. The summed E-state index contributed by atoms with van der Waals surface area (Å²) in [6.45, 7) is 0.202. The summed E-state index contributed by atoms with van der Waals surface area (Å²) in [4.78, 5) is 10.6. The number of benzene rings is 2. The summed E-state index contributed by atoms with van der Waals surface area (Å²) < 4.78 is 5.62. The first kappa shape index (κ1) is 15.5. The molecule has 0 aliphatic carbocycles. The number of nitro groups is 1. The van der Waals surface area contributed by atoms with Gasteiger partial charge in [-0.05, 0) is 5.56 Å². The molecule has 0 fully saturated rings. The molecule has 6 heteroatoms. The lowest BCUT2D eigenvalue weighted by molar-refractivity contribution is -0.386. The topological polar surface area (TPSA) is 72.6 Å². The van der Waals surface area contributed by atoms with Crippen LogP contribution in [0.15, 0.2) is 48.5 Å². The Morgan fingerprint density at radius 3 is 2.52 bits per heavy atom. The molecular formula is C15H14BrNO4. The average molecular weight is 352 g/mol. The number of aliphatic hydroxyl groups excluding tert-OH is 1. The maximum Gasteiger partial charge on any atom is 0.311 e. The van der Waals surface area contributed by atoms with Crippen LogP contribution in [0.3, 0.4) is 0 Å². The van der Waals surface area contributed by atoms with E-state index < -0.39 is 11.0 Å². The minimum atomic E-state index is -0.865. The van der Waals surface area contributed by atoms with Crippen molar-refractivity contribution in [2.24, 2.45) is 0 Å². The van der Waals surface area contributed by atoms with E-state index in [9.17, 15) is 15.2 Å². The number of alkyl halides is 1. The lowest BCUT2D eigenvalue weighted by Crippen LogP contribution is -2.06. The number of para-hydroxylation sites is 1. The van der Waals surface area contributed by atoms with Crippen LogP contribution in [0.5, 0.6) is 5.75 Å². The maximum absolute atomic E-state index is 11.1. The second-order valence-corrected chi connectivity index (χ2v) is 5.04. The van der Waals surface area contributed by atoms with Gasteiger partial charge in [-0.15, -0.1) is 0 Å². The summed E-state index contributed by atoms with van der Waals surface area (Å²) in [5, 5.41) is 21.4. The van der Waals surface area contributed by atoms with Crippen molar-refractivity contribution in [2.75, 3.05) is 5.33 Å². The third kappa shape index (κ3) is 3.80. The molecule has 0 spiro atoms. The standard InChI is InChI=1S/C15H14BrNO4/c16-9-14(18)12-7-4-8-13(17(19)20)15(12)21-10-11-5-2-1-3-6-11/h1-8,14,18H,9-10H2. The van der Waals surface area contributed by atoms with Gasteiger partial charge in [-0.1, -0.05) is 58.4 Å². The minimum absolute atomic E-state index is 0.110. The lowest BCUT2D eigenvalue weighted by atomic mass is 10.1. The second-order valence-electron chi connectivity index (χ2n) is 4.40. The third-order valence-corrected chi connectivity index (χ3v) is 3.57. The molecule has 0 amide bonds. The largest absolute Gasteiger partial charge is 0.482 e. The fourth-order valence-corrected chi connectivity index (χ4v) is 2.27. The smallest absolute Gasteiger partial charge is 0.311 e. The van der Waals surface area contributed by atoms with Gasteiger partial charge in [0.2, 0.25) is 5.75 Å². The summed E-state index contributed by atoms with van der Waals surface area (Å²) in [7, 11) is 0. The van der Waals surface area contributed by atoms with Crippen LogP contribution in [0, 0.1) is 10.1 Å². The van der Waals surface area contributed by atoms with Crippen molar-refractivity contribution in [2.45, 2.75) is 12.7 Å². The minimum Gasteiger partial charge on any atom is -0.482 e. The number of aliphatic hydroxyl groups is 1. The monoisotopic (exact) mass is 351 g/mol. The van der Waals surface area contributed by atoms with E-state index in [1.807, 2.05) is 30.3 Å². The molecule has 2 rings (SSSR count). The van der Waals surface area contributed by atoms with Crippen LogP contribution < -0.4 is 4.74 Å². The van der Waals surface area contributed by atoms with E-state index in [1.54, 1.807) is 6.07 Å². The highest BCUT2D eigenvalue weighted by molar-refractivity contribution is 9.09. The molecule has 1 N–H and O–H groups in total. The van der Waals surface area contributed by atoms with E-state index >= 15 is 0 Å². The Morgan fingerprint density at radius 1 is 1.19 bits per heavy atom. The van der Waals surface area contributed by atoms with E-state index in [0.717, 1.165) is 5.56 Å². The van der Waals surface area contributed by atoms with Crippen LogP contribution in [0.2, 0.25) is 0 Å². The van der Waals surface area contributed by atoms with Crippen LogP contribution >= 0.6 is 15.9 Å². The number of nitrogens with zero attached hydrogens (tertiary/aromatic N) is 1. The fraction of sp³-hybridized carbons (Fsp3) is 0.200. The highest BCUT2D eigenvalue weighted by Gasteiger charge is 2.22. The van der Waals surface area contributed by atoms with E-state index in [-0.39, 0.29) is 23.4 Å². The summed E-state index contributed by atoms with van der Waals surface area (Å²) in [5.41, 5.74) is 1.15. The predicted octanol–water partition coefficient (Wildman–Crippen LogP) is 3.60. The van der Waals surface area contributed by atoms with Crippen LogP contribution in [0.4, 0.5) is 5.69 Å². The normalized spacial score (nSPS) is 11.9. The molecule has 21 heavy (non-hydrogen) atoms. The molecule has 2 aromatic carbocycles. The predicted molar refractivity (Wildman–Crippen MR) is 82.6 cm³/mol. The van der Waals surface area contributed by atoms with Crippen LogP contribution in [-0.4, -0.2) is 15.4 Å². The van der Waals surface area contributed by atoms with Gasteiger partial charge < -0.3 is 9.84 Å². The molecule has 2 aromatic rings. The second kappa shape index (κ2) is 7.19. The van der Waals surface area contributed by atoms with Crippen LogP contribution in [0.1, 0.15) is 17.2 Å².